The molecule has 0 saturated heterocycles. The lowest BCUT2D eigenvalue weighted by molar-refractivity contribution is -0.149. The zero-order valence-corrected chi connectivity index (χ0v) is 11.4. The van der Waals surface area contributed by atoms with Crippen molar-refractivity contribution in [2.24, 2.45) is 11.7 Å². The molecule has 17 heavy (non-hydrogen) atoms. The van der Waals surface area contributed by atoms with Gasteiger partial charge in [-0.05, 0) is 45.6 Å². The largest absolute Gasteiger partial charge is 0.465 e. The van der Waals surface area contributed by atoms with Crippen molar-refractivity contribution >= 4 is 5.97 Å². The molecule has 0 aromatic rings. The van der Waals surface area contributed by atoms with Crippen LogP contribution in [0.2, 0.25) is 0 Å². The third-order valence-electron chi connectivity index (χ3n) is 3.05. The summed E-state index contributed by atoms with van der Waals surface area (Å²) in [6.07, 6.45) is 3.73. The molecule has 4 heteroatoms. The van der Waals surface area contributed by atoms with Crippen LogP contribution in [-0.2, 0) is 9.53 Å². The first-order valence-electron chi connectivity index (χ1n) is 6.68. The van der Waals surface area contributed by atoms with Crippen molar-refractivity contribution < 1.29 is 9.53 Å². The Kier molecular flexibility index (Phi) is 5.40. The molecule has 0 aromatic heterocycles. The van der Waals surface area contributed by atoms with Gasteiger partial charge in [0.05, 0.1) is 6.61 Å². The van der Waals surface area contributed by atoms with Gasteiger partial charge in [0.15, 0.2) is 0 Å². The zero-order chi connectivity index (χ0) is 12.9. The number of ether oxygens (including phenoxy) is 1. The molecule has 1 aliphatic carbocycles. The van der Waals surface area contributed by atoms with Crippen molar-refractivity contribution in [2.45, 2.75) is 45.6 Å². The topological polar surface area (TPSA) is 55.6 Å². The molecule has 1 saturated carbocycles. The number of hydrogen-bond acceptors (Lipinski definition) is 4. The molecule has 1 fully saturated rings. The third-order valence-corrected chi connectivity index (χ3v) is 3.05. The maximum atomic E-state index is 11.7. The van der Waals surface area contributed by atoms with Crippen molar-refractivity contribution in [1.82, 2.24) is 4.90 Å². The van der Waals surface area contributed by atoms with Gasteiger partial charge < -0.3 is 15.4 Å². The average Bonchev–Trinajstić information content (AvgIpc) is 3.01. The standard InChI is InChI=1S/C13H26N2O2/c1-4-8-15(9-11-6-7-11)10-13(3,14)12(16)17-5-2/h11H,4-10,14H2,1-3H3. The van der Waals surface area contributed by atoms with E-state index >= 15 is 0 Å². The Morgan fingerprint density at radius 1 is 1.47 bits per heavy atom. The molecular formula is C13H26N2O2. The lowest BCUT2D eigenvalue weighted by Gasteiger charge is -2.30. The van der Waals surface area contributed by atoms with Crippen LogP contribution in [0.3, 0.4) is 0 Å². The van der Waals surface area contributed by atoms with E-state index in [4.69, 9.17) is 10.5 Å². The normalized spacial score (nSPS) is 19.1. The van der Waals surface area contributed by atoms with Gasteiger partial charge in [0.2, 0.25) is 0 Å². The highest BCUT2D eigenvalue weighted by Crippen LogP contribution is 2.30. The number of nitrogens with zero attached hydrogens (tertiary/aromatic N) is 1. The number of carbonyl (C=O) groups is 1. The Hall–Kier alpha value is -0.610. The van der Waals surface area contributed by atoms with Crippen molar-refractivity contribution in [2.75, 3.05) is 26.2 Å². The van der Waals surface area contributed by atoms with Crippen LogP contribution < -0.4 is 5.73 Å². The fraction of sp³-hybridized carbons (Fsp3) is 0.923. The Bertz CT molecular complexity index is 250. The first kappa shape index (κ1) is 14.5. The monoisotopic (exact) mass is 242 g/mol. The van der Waals surface area contributed by atoms with E-state index in [1.165, 1.54) is 12.8 Å². The lowest BCUT2D eigenvalue weighted by Crippen LogP contribution is -2.55. The summed E-state index contributed by atoms with van der Waals surface area (Å²) in [4.78, 5) is 14.0. The van der Waals surface area contributed by atoms with E-state index in [1.807, 2.05) is 6.92 Å². The van der Waals surface area contributed by atoms with Crippen LogP contribution in [0.25, 0.3) is 0 Å². The number of nitrogens with two attached hydrogens (primary N) is 1. The molecule has 0 aromatic carbocycles. The minimum Gasteiger partial charge on any atom is -0.465 e. The molecule has 1 atom stereocenters. The molecule has 1 rings (SSSR count). The summed E-state index contributed by atoms with van der Waals surface area (Å²) in [5.74, 6) is 0.524. The van der Waals surface area contributed by atoms with E-state index in [2.05, 4.69) is 11.8 Å². The highest BCUT2D eigenvalue weighted by atomic mass is 16.5. The highest BCUT2D eigenvalue weighted by Gasteiger charge is 2.34. The van der Waals surface area contributed by atoms with Gasteiger partial charge in [0.25, 0.3) is 0 Å². The van der Waals surface area contributed by atoms with Gasteiger partial charge in [-0.25, -0.2) is 0 Å². The minimum atomic E-state index is -0.889. The molecule has 0 aliphatic heterocycles. The van der Waals surface area contributed by atoms with Crippen LogP contribution >= 0.6 is 0 Å². The Morgan fingerprint density at radius 3 is 2.59 bits per heavy atom. The van der Waals surface area contributed by atoms with E-state index in [9.17, 15) is 4.79 Å². The van der Waals surface area contributed by atoms with E-state index < -0.39 is 5.54 Å². The molecular weight excluding hydrogens is 216 g/mol. The summed E-state index contributed by atoms with van der Waals surface area (Å²) in [6.45, 7) is 8.78. The molecule has 0 amide bonds. The summed E-state index contributed by atoms with van der Waals surface area (Å²) in [5.41, 5.74) is 5.17. The number of esters is 1. The number of rotatable bonds is 8. The number of carbonyl (C=O) groups excluding carboxylic acids is 1. The maximum absolute atomic E-state index is 11.7. The minimum absolute atomic E-state index is 0.295. The average molecular weight is 242 g/mol. The van der Waals surface area contributed by atoms with E-state index in [0.717, 1.165) is 25.4 Å². The van der Waals surface area contributed by atoms with Gasteiger partial charge in [-0.1, -0.05) is 6.92 Å². The van der Waals surface area contributed by atoms with Gasteiger partial charge in [-0.3, -0.25) is 4.79 Å². The molecule has 2 N–H and O–H groups in total. The summed E-state index contributed by atoms with van der Waals surface area (Å²) >= 11 is 0. The molecule has 0 spiro atoms. The fourth-order valence-electron chi connectivity index (χ4n) is 2.04. The Balaban J connectivity index is 2.47. The highest BCUT2D eigenvalue weighted by molar-refractivity contribution is 5.80. The van der Waals surface area contributed by atoms with Crippen molar-refractivity contribution in [1.29, 1.82) is 0 Å². The van der Waals surface area contributed by atoms with Crippen LogP contribution in [0.1, 0.15) is 40.0 Å². The van der Waals surface area contributed by atoms with Gasteiger partial charge >= 0.3 is 5.97 Å². The summed E-state index contributed by atoms with van der Waals surface area (Å²) < 4.78 is 5.02. The smallest absolute Gasteiger partial charge is 0.327 e. The van der Waals surface area contributed by atoms with E-state index in [-0.39, 0.29) is 5.97 Å². The van der Waals surface area contributed by atoms with Crippen LogP contribution in [0, 0.1) is 5.92 Å². The summed E-state index contributed by atoms with van der Waals surface area (Å²) in [5, 5.41) is 0. The second kappa shape index (κ2) is 6.36. The molecule has 0 bridgehead atoms. The van der Waals surface area contributed by atoms with Crippen molar-refractivity contribution in [3.05, 3.63) is 0 Å². The fourth-order valence-corrected chi connectivity index (χ4v) is 2.04. The van der Waals surface area contributed by atoms with Gasteiger partial charge in [0.1, 0.15) is 5.54 Å². The molecule has 100 valence electrons. The van der Waals surface area contributed by atoms with Crippen LogP contribution in [0.5, 0.6) is 0 Å². The summed E-state index contributed by atoms with van der Waals surface area (Å²) in [7, 11) is 0. The van der Waals surface area contributed by atoms with Crippen LogP contribution in [0.15, 0.2) is 0 Å². The first-order valence-corrected chi connectivity index (χ1v) is 6.68. The maximum Gasteiger partial charge on any atom is 0.327 e. The second-order valence-corrected chi connectivity index (χ2v) is 5.32. The van der Waals surface area contributed by atoms with E-state index in [1.54, 1.807) is 6.92 Å². The van der Waals surface area contributed by atoms with Gasteiger partial charge in [-0.2, -0.15) is 0 Å². The zero-order valence-electron chi connectivity index (χ0n) is 11.4. The van der Waals surface area contributed by atoms with Crippen molar-refractivity contribution in [3.8, 4) is 0 Å². The predicted molar refractivity (Wildman–Crippen MR) is 68.7 cm³/mol. The lowest BCUT2D eigenvalue weighted by atomic mass is 10.0. The predicted octanol–water partition coefficient (Wildman–Crippen LogP) is 1.39. The SMILES string of the molecule is CCCN(CC1CC1)CC(C)(N)C(=O)OCC. The molecule has 0 radical (unpaired) electrons. The third kappa shape index (κ3) is 5.04. The molecule has 0 heterocycles. The molecule has 1 aliphatic rings. The second-order valence-electron chi connectivity index (χ2n) is 5.32. The van der Waals surface area contributed by atoms with Crippen LogP contribution in [0.4, 0.5) is 0 Å². The first-order chi connectivity index (χ1) is 7.99. The van der Waals surface area contributed by atoms with Gasteiger partial charge in [0, 0.05) is 13.1 Å². The van der Waals surface area contributed by atoms with Crippen molar-refractivity contribution in [3.63, 3.8) is 0 Å². The molecule has 1 unspecified atom stereocenters. The Morgan fingerprint density at radius 2 is 2.12 bits per heavy atom. The Labute approximate surface area is 104 Å². The summed E-state index contributed by atoms with van der Waals surface area (Å²) in [6, 6.07) is 0. The molecule has 4 nitrogen and oxygen atoms in total. The van der Waals surface area contributed by atoms with E-state index in [0.29, 0.717) is 13.2 Å². The van der Waals surface area contributed by atoms with Gasteiger partial charge in [-0.15, -0.1) is 0 Å². The van der Waals surface area contributed by atoms with Crippen LogP contribution in [-0.4, -0.2) is 42.6 Å². The quantitative estimate of drug-likeness (QED) is 0.654. The number of hydrogen-bond donors (Lipinski definition) is 1.